The molecule has 1 atom stereocenters. The number of carbonyl (C=O) groups excluding carboxylic acids is 1. The van der Waals surface area contributed by atoms with Crippen LogP contribution in [0.25, 0.3) is 0 Å². The standard InChI is InChI=1S/C21H29N3O5/c25-19(26)13-18(21(28)29)23-17-3-1-16(2-4-17)20(27)24-11-7-15(8-12-24)14-5-9-22-10-6-14/h1-4,14-15,18,22-23H,5-13H2,(H,25,26)(H,28,29)/t18-/m0/s1. The lowest BCUT2D eigenvalue weighted by Gasteiger charge is -2.37. The van der Waals surface area contributed by atoms with Crippen LogP contribution in [-0.4, -0.2) is 65.2 Å². The first kappa shape index (κ1) is 21.1. The summed E-state index contributed by atoms with van der Waals surface area (Å²) in [7, 11) is 0. The number of rotatable bonds is 7. The molecule has 2 aliphatic heterocycles. The number of anilines is 1. The minimum absolute atomic E-state index is 0.0133. The van der Waals surface area contributed by atoms with E-state index in [-0.39, 0.29) is 5.91 Å². The maximum Gasteiger partial charge on any atom is 0.326 e. The van der Waals surface area contributed by atoms with Crippen molar-refractivity contribution in [3.8, 4) is 0 Å². The van der Waals surface area contributed by atoms with E-state index in [0.717, 1.165) is 44.9 Å². The molecule has 1 aromatic rings. The number of carboxylic acids is 2. The van der Waals surface area contributed by atoms with Crippen molar-refractivity contribution < 1.29 is 24.6 Å². The Balaban J connectivity index is 1.53. The van der Waals surface area contributed by atoms with E-state index in [4.69, 9.17) is 10.2 Å². The van der Waals surface area contributed by atoms with Crippen molar-refractivity contribution in [2.24, 2.45) is 11.8 Å². The number of nitrogens with zero attached hydrogens (tertiary/aromatic N) is 1. The fourth-order valence-electron chi connectivity index (χ4n) is 4.36. The summed E-state index contributed by atoms with van der Waals surface area (Å²) in [6, 6.07) is 5.33. The number of piperidine rings is 2. The molecule has 0 aliphatic carbocycles. The van der Waals surface area contributed by atoms with Gasteiger partial charge in [-0.2, -0.15) is 0 Å². The summed E-state index contributed by atoms with van der Waals surface area (Å²) in [6.07, 6.45) is 4.03. The Kier molecular flexibility index (Phi) is 7.09. The minimum atomic E-state index is -1.23. The third-order valence-corrected chi connectivity index (χ3v) is 6.03. The molecule has 0 radical (unpaired) electrons. The molecule has 2 heterocycles. The molecule has 0 aromatic heterocycles. The third kappa shape index (κ3) is 5.69. The van der Waals surface area contributed by atoms with Crippen LogP contribution >= 0.6 is 0 Å². The van der Waals surface area contributed by atoms with Gasteiger partial charge in [-0.1, -0.05) is 0 Å². The second kappa shape index (κ2) is 9.73. The quantitative estimate of drug-likeness (QED) is 0.549. The molecular formula is C21H29N3O5. The molecule has 2 aliphatic rings. The molecule has 29 heavy (non-hydrogen) atoms. The maximum absolute atomic E-state index is 12.8. The van der Waals surface area contributed by atoms with Gasteiger partial charge < -0.3 is 25.7 Å². The van der Waals surface area contributed by atoms with Crippen molar-refractivity contribution >= 4 is 23.5 Å². The lowest BCUT2D eigenvalue weighted by atomic mass is 9.79. The van der Waals surface area contributed by atoms with Crippen molar-refractivity contribution in [1.29, 1.82) is 0 Å². The van der Waals surface area contributed by atoms with Crippen molar-refractivity contribution in [3.05, 3.63) is 29.8 Å². The van der Waals surface area contributed by atoms with E-state index >= 15 is 0 Å². The largest absolute Gasteiger partial charge is 0.481 e. The van der Waals surface area contributed by atoms with Crippen LogP contribution in [0, 0.1) is 11.8 Å². The highest BCUT2D eigenvalue weighted by Gasteiger charge is 2.29. The lowest BCUT2D eigenvalue weighted by molar-refractivity contribution is -0.144. The van der Waals surface area contributed by atoms with Gasteiger partial charge in [0.05, 0.1) is 6.42 Å². The number of hydrogen-bond acceptors (Lipinski definition) is 5. The summed E-state index contributed by atoms with van der Waals surface area (Å²) >= 11 is 0. The van der Waals surface area contributed by atoms with Crippen LogP contribution in [0.5, 0.6) is 0 Å². The molecule has 0 spiro atoms. The van der Waals surface area contributed by atoms with Crippen LogP contribution in [0.3, 0.4) is 0 Å². The molecule has 1 amide bonds. The van der Waals surface area contributed by atoms with E-state index in [1.54, 1.807) is 24.3 Å². The highest BCUT2D eigenvalue weighted by molar-refractivity contribution is 5.94. The smallest absolute Gasteiger partial charge is 0.326 e. The van der Waals surface area contributed by atoms with Gasteiger partial charge in [-0.25, -0.2) is 4.79 Å². The highest BCUT2D eigenvalue weighted by Crippen LogP contribution is 2.31. The van der Waals surface area contributed by atoms with Crippen LogP contribution in [0.15, 0.2) is 24.3 Å². The third-order valence-electron chi connectivity index (χ3n) is 6.03. The first-order valence-electron chi connectivity index (χ1n) is 10.2. The van der Waals surface area contributed by atoms with Gasteiger partial charge in [0.25, 0.3) is 5.91 Å². The van der Waals surface area contributed by atoms with Crippen LogP contribution in [-0.2, 0) is 9.59 Å². The minimum Gasteiger partial charge on any atom is -0.481 e. The van der Waals surface area contributed by atoms with Gasteiger partial charge in [-0.05, 0) is 74.9 Å². The van der Waals surface area contributed by atoms with Crippen molar-refractivity contribution in [3.63, 3.8) is 0 Å². The Morgan fingerprint density at radius 3 is 2.14 bits per heavy atom. The summed E-state index contributed by atoms with van der Waals surface area (Å²) in [6.45, 7) is 3.74. The number of hydrogen-bond donors (Lipinski definition) is 4. The van der Waals surface area contributed by atoms with Gasteiger partial charge in [0.2, 0.25) is 0 Å². The van der Waals surface area contributed by atoms with Crippen LogP contribution < -0.4 is 10.6 Å². The summed E-state index contributed by atoms with van der Waals surface area (Å²) in [5.41, 5.74) is 1.03. The van der Waals surface area contributed by atoms with Gasteiger partial charge in [0.1, 0.15) is 6.04 Å². The van der Waals surface area contributed by atoms with Gasteiger partial charge in [-0.15, -0.1) is 0 Å². The fraction of sp³-hybridized carbons (Fsp3) is 0.571. The molecule has 0 unspecified atom stereocenters. The summed E-state index contributed by atoms with van der Waals surface area (Å²) in [4.78, 5) is 36.6. The first-order chi connectivity index (χ1) is 13.9. The SMILES string of the molecule is O=C(O)C[C@H](Nc1ccc(C(=O)N2CCC(C3CCNCC3)CC2)cc1)C(=O)O. The molecule has 2 fully saturated rings. The zero-order valence-corrected chi connectivity index (χ0v) is 16.5. The van der Waals surface area contributed by atoms with Crippen molar-refractivity contribution in [2.75, 3.05) is 31.5 Å². The molecular weight excluding hydrogens is 374 g/mol. The Bertz CT molecular complexity index is 722. The van der Waals surface area contributed by atoms with Crippen LogP contribution in [0.1, 0.15) is 42.5 Å². The number of likely N-dealkylation sites (tertiary alicyclic amines) is 1. The molecule has 0 bridgehead atoms. The van der Waals surface area contributed by atoms with E-state index in [9.17, 15) is 14.4 Å². The molecule has 2 saturated heterocycles. The van der Waals surface area contributed by atoms with Gasteiger partial charge >= 0.3 is 11.9 Å². The molecule has 8 heteroatoms. The van der Waals surface area contributed by atoms with E-state index in [2.05, 4.69) is 10.6 Å². The van der Waals surface area contributed by atoms with E-state index in [1.807, 2.05) is 4.90 Å². The van der Waals surface area contributed by atoms with E-state index in [1.165, 1.54) is 12.8 Å². The Hall–Kier alpha value is -2.61. The van der Waals surface area contributed by atoms with E-state index < -0.39 is 24.4 Å². The Labute approximate surface area is 170 Å². The normalized spacial score (nSPS) is 19.5. The Morgan fingerprint density at radius 1 is 1.00 bits per heavy atom. The molecule has 158 valence electrons. The predicted molar refractivity (Wildman–Crippen MR) is 108 cm³/mol. The van der Waals surface area contributed by atoms with Crippen LogP contribution in [0.4, 0.5) is 5.69 Å². The maximum atomic E-state index is 12.8. The topological polar surface area (TPSA) is 119 Å². The molecule has 8 nitrogen and oxygen atoms in total. The predicted octanol–water partition coefficient (Wildman–Crippen LogP) is 1.88. The number of carboxylic acid groups (broad SMARTS) is 2. The molecule has 4 N–H and O–H groups in total. The summed E-state index contributed by atoms with van der Waals surface area (Å²) in [5, 5.41) is 24.0. The molecule has 0 saturated carbocycles. The van der Waals surface area contributed by atoms with Crippen molar-refractivity contribution in [1.82, 2.24) is 10.2 Å². The van der Waals surface area contributed by atoms with Gasteiger partial charge in [0, 0.05) is 24.3 Å². The zero-order valence-electron chi connectivity index (χ0n) is 16.5. The second-order valence-corrected chi connectivity index (χ2v) is 7.93. The number of amides is 1. The van der Waals surface area contributed by atoms with Gasteiger partial charge in [-0.3, -0.25) is 9.59 Å². The number of nitrogens with one attached hydrogen (secondary N) is 2. The second-order valence-electron chi connectivity index (χ2n) is 7.93. The van der Waals surface area contributed by atoms with Gasteiger partial charge in [0.15, 0.2) is 0 Å². The average molecular weight is 403 g/mol. The van der Waals surface area contributed by atoms with Crippen LogP contribution in [0.2, 0.25) is 0 Å². The number of aliphatic carboxylic acids is 2. The first-order valence-corrected chi connectivity index (χ1v) is 10.2. The molecule has 1 aromatic carbocycles. The Morgan fingerprint density at radius 2 is 1.59 bits per heavy atom. The summed E-state index contributed by atoms with van der Waals surface area (Å²) in [5.74, 6) is -0.962. The fourth-order valence-corrected chi connectivity index (χ4v) is 4.36. The zero-order chi connectivity index (χ0) is 20.8. The average Bonchev–Trinajstić information content (AvgIpc) is 2.74. The van der Waals surface area contributed by atoms with Crippen molar-refractivity contribution in [2.45, 2.75) is 38.1 Å². The number of carbonyl (C=O) groups is 3. The number of benzene rings is 1. The summed E-state index contributed by atoms with van der Waals surface area (Å²) < 4.78 is 0. The van der Waals surface area contributed by atoms with E-state index in [0.29, 0.717) is 17.2 Å². The highest BCUT2D eigenvalue weighted by atomic mass is 16.4. The molecule has 3 rings (SSSR count). The monoisotopic (exact) mass is 403 g/mol. The lowest BCUT2D eigenvalue weighted by Crippen LogP contribution is -2.42.